The lowest BCUT2D eigenvalue weighted by molar-refractivity contribution is -0.138. The quantitative estimate of drug-likeness (QED) is 0.783. The van der Waals surface area contributed by atoms with Crippen LogP contribution in [0.4, 0.5) is 0 Å². The third-order valence-corrected chi connectivity index (χ3v) is 4.87. The van der Waals surface area contributed by atoms with Gasteiger partial charge in [0.15, 0.2) is 0 Å². The normalized spacial score (nSPS) is 35.4. The zero-order valence-corrected chi connectivity index (χ0v) is 10.6. The van der Waals surface area contributed by atoms with E-state index in [1.54, 1.807) is 0 Å². The summed E-state index contributed by atoms with van der Waals surface area (Å²) in [6, 6.07) is -0.127. The predicted octanol–water partition coefficient (Wildman–Crippen LogP) is 1.79. The largest absolute Gasteiger partial charge is 0.481 e. The summed E-state index contributed by atoms with van der Waals surface area (Å²) in [5, 5.41) is 11.9. The first-order valence-corrected chi connectivity index (χ1v) is 7.19. The minimum atomic E-state index is -0.805. The van der Waals surface area contributed by atoms with Gasteiger partial charge in [-0.15, -0.1) is 0 Å². The molecule has 0 aromatic carbocycles. The summed E-state index contributed by atoms with van der Waals surface area (Å²) >= 11 is 0. The summed E-state index contributed by atoms with van der Waals surface area (Å²) in [6.45, 7) is 0. The van der Waals surface area contributed by atoms with Crippen LogP contribution in [0.1, 0.15) is 44.9 Å². The number of aliphatic carboxylic acids is 1. The Balaban J connectivity index is 1.54. The van der Waals surface area contributed by atoms with Gasteiger partial charge in [-0.2, -0.15) is 0 Å². The van der Waals surface area contributed by atoms with Gasteiger partial charge in [0, 0.05) is 12.0 Å². The van der Waals surface area contributed by atoms with Crippen LogP contribution in [0, 0.1) is 23.7 Å². The molecule has 0 heterocycles. The lowest BCUT2D eigenvalue weighted by atomic mass is 10.0. The summed E-state index contributed by atoms with van der Waals surface area (Å²) in [5.74, 6) is 1.13. The summed E-state index contributed by atoms with van der Waals surface area (Å²) in [6.07, 6.45) is 7.10. The topological polar surface area (TPSA) is 66.4 Å². The minimum absolute atomic E-state index is 0.0818. The number of rotatable bonds is 5. The highest BCUT2D eigenvalue weighted by Gasteiger charge is 2.55. The van der Waals surface area contributed by atoms with Crippen LogP contribution in [-0.4, -0.2) is 23.0 Å². The molecule has 3 aliphatic carbocycles. The Morgan fingerprint density at radius 3 is 2.22 bits per heavy atom. The highest BCUT2D eigenvalue weighted by atomic mass is 16.4. The highest BCUT2D eigenvalue weighted by molar-refractivity contribution is 5.83. The second kappa shape index (κ2) is 4.56. The fourth-order valence-electron chi connectivity index (χ4n) is 3.68. The molecule has 0 aromatic rings. The number of nitrogens with one attached hydrogen (secondary N) is 1. The number of hydrogen-bond donors (Lipinski definition) is 2. The molecule has 2 N–H and O–H groups in total. The average molecular weight is 251 g/mol. The van der Waals surface area contributed by atoms with Crippen molar-refractivity contribution < 1.29 is 14.7 Å². The maximum absolute atomic E-state index is 12.2. The van der Waals surface area contributed by atoms with Crippen LogP contribution in [0.3, 0.4) is 0 Å². The van der Waals surface area contributed by atoms with Crippen molar-refractivity contribution in [3.8, 4) is 0 Å². The van der Waals surface area contributed by atoms with Gasteiger partial charge in [-0.05, 0) is 43.4 Å². The van der Waals surface area contributed by atoms with Crippen molar-refractivity contribution >= 4 is 11.9 Å². The molecular formula is C14H21NO3. The number of carboxylic acids is 1. The zero-order valence-electron chi connectivity index (χ0n) is 10.6. The molecule has 3 aliphatic rings. The van der Waals surface area contributed by atoms with Crippen molar-refractivity contribution in [2.45, 2.75) is 51.0 Å². The molecular weight excluding hydrogens is 230 g/mol. The zero-order chi connectivity index (χ0) is 12.7. The Morgan fingerprint density at radius 2 is 1.72 bits per heavy atom. The first-order chi connectivity index (χ1) is 8.66. The molecule has 0 bridgehead atoms. The van der Waals surface area contributed by atoms with E-state index < -0.39 is 5.97 Å². The monoisotopic (exact) mass is 251 g/mol. The fourth-order valence-corrected chi connectivity index (χ4v) is 3.68. The Kier molecular flexibility index (Phi) is 3.04. The summed E-state index contributed by atoms with van der Waals surface area (Å²) in [4.78, 5) is 23.0. The van der Waals surface area contributed by atoms with E-state index >= 15 is 0 Å². The maximum Gasteiger partial charge on any atom is 0.305 e. The van der Waals surface area contributed by atoms with E-state index in [-0.39, 0.29) is 24.3 Å². The van der Waals surface area contributed by atoms with E-state index in [2.05, 4.69) is 5.32 Å². The Bertz CT molecular complexity index is 352. The van der Waals surface area contributed by atoms with Crippen LogP contribution >= 0.6 is 0 Å². The SMILES string of the molecule is O=C(O)CC(NC(=O)C1C2CCCCC21)C1CC1. The molecule has 1 amide bonds. The molecule has 0 saturated heterocycles. The van der Waals surface area contributed by atoms with Crippen molar-refractivity contribution in [1.29, 1.82) is 0 Å². The number of carbonyl (C=O) groups is 2. The molecule has 0 aromatic heterocycles. The van der Waals surface area contributed by atoms with E-state index in [9.17, 15) is 9.59 Å². The number of carboxylic acid groups (broad SMARTS) is 1. The van der Waals surface area contributed by atoms with Gasteiger partial charge >= 0.3 is 5.97 Å². The number of hydrogen-bond acceptors (Lipinski definition) is 2. The predicted molar refractivity (Wildman–Crippen MR) is 65.8 cm³/mol. The standard InChI is InChI=1S/C14H21NO3/c16-12(17)7-11(8-5-6-8)15-14(18)13-9-3-1-2-4-10(9)13/h8-11,13H,1-7H2,(H,15,18)(H,16,17). The van der Waals surface area contributed by atoms with Crippen LogP contribution < -0.4 is 5.32 Å². The van der Waals surface area contributed by atoms with Crippen molar-refractivity contribution in [3.63, 3.8) is 0 Å². The van der Waals surface area contributed by atoms with Gasteiger partial charge in [0.05, 0.1) is 6.42 Å². The molecule has 3 rings (SSSR count). The lowest BCUT2D eigenvalue weighted by Crippen LogP contribution is -2.39. The molecule has 100 valence electrons. The molecule has 0 aliphatic heterocycles. The molecule has 3 unspecified atom stereocenters. The van der Waals surface area contributed by atoms with E-state index in [1.165, 1.54) is 25.7 Å². The molecule has 4 heteroatoms. The van der Waals surface area contributed by atoms with Crippen LogP contribution in [0.2, 0.25) is 0 Å². The van der Waals surface area contributed by atoms with Gasteiger partial charge < -0.3 is 10.4 Å². The van der Waals surface area contributed by atoms with Crippen molar-refractivity contribution in [1.82, 2.24) is 5.32 Å². The Morgan fingerprint density at radius 1 is 1.11 bits per heavy atom. The molecule has 0 radical (unpaired) electrons. The van der Waals surface area contributed by atoms with Gasteiger partial charge in [-0.25, -0.2) is 0 Å². The van der Waals surface area contributed by atoms with Gasteiger partial charge in [-0.1, -0.05) is 12.8 Å². The molecule has 4 nitrogen and oxygen atoms in total. The maximum atomic E-state index is 12.2. The van der Waals surface area contributed by atoms with E-state index in [4.69, 9.17) is 5.11 Å². The fraction of sp³-hybridized carbons (Fsp3) is 0.857. The van der Waals surface area contributed by atoms with Crippen LogP contribution in [-0.2, 0) is 9.59 Å². The number of fused-ring (bicyclic) bond motifs is 1. The van der Waals surface area contributed by atoms with Gasteiger partial charge in [-0.3, -0.25) is 9.59 Å². The number of carbonyl (C=O) groups excluding carboxylic acids is 1. The third kappa shape index (κ3) is 2.38. The second-order valence-corrected chi connectivity index (χ2v) is 6.19. The van der Waals surface area contributed by atoms with E-state index in [0.29, 0.717) is 17.8 Å². The minimum Gasteiger partial charge on any atom is -0.481 e. The summed E-state index contributed by atoms with van der Waals surface area (Å²) in [5.41, 5.74) is 0. The number of amides is 1. The Labute approximate surface area is 107 Å². The van der Waals surface area contributed by atoms with Crippen LogP contribution in [0.15, 0.2) is 0 Å². The van der Waals surface area contributed by atoms with Gasteiger partial charge in [0.25, 0.3) is 0 Å². The Hall–Kier alpha value is -1.06. The van der Waals surface area contributed by atoms with Gasteiger partial charge in [0.2, 0.25) is 5.91 Å². The first kappa shape index (κ1) is 12.0. The lowest BCUT2D eigenvalue weighted by Gasteiger charge is -2.16. The summed E-state index contributed by atoms with van der Waals surface area (Å²) < 4.78 is 0. The molecule has 3 fully saturated rings. The van der Waals surface area contributed by atoms with Crippen molar-refractivity contribution in [2.24, 2.45) is 23.7 Å². The van der Waals surface area contributed by atoms with Crippen LogP contribution in [0.25, 0.3) is 0 Å². The smallest absolute Gasteiger partial charge is 0.305 e. The van der Waals surface area contributed by atoms with Crippen molar-refractivity contribution in [3.05, 3.63) is 0 Å². The third-order valence-electron chi connectivity index (χ3n) is 4.87. The van der Waals surface area contributed by atoms with Crippen molar-refractivity contribution in [2.75, 3.05) is 0 Å². The molecule has 3 saturated carbocycles. The van der Waals surface area contributed by atoms with Crippen LogP contribution in [0.5, 0.6) is 0 Å². The average Bonchev–Trinajstić information content (AvgIpc) is 3.21. The highest BCUT2D eigenvalue weighted by Crippen LogP contribution is 2.55. The summed E-state index contributed by atoms with van der Waals surface area (Å²) in [7, 11) is 0. The molecule has 0 spiro atoms. The first-order valence-electron chi connectivity index (χ1n) is 7.19. The molecule has 3 atom stereocenters. The molecule has 18 heavy (non-hydrogen) atoms. The van der Waals surface area contributed by atoms with E-state index in [1.807, 2.05) is 0 Å². The van der Waals surface area contributed by atoms with Gasteiger partial charge in [0.1, 0.15) is 0 Å². The van der Waals surface area contributed by atoms with E-state index in [0.717, 1.165) is 12.8 Å². The second-order valence-electron chi connectivity index (χ2n) is 6.19.